The lowest BCUT2D eigenvalue weighted by Gasteiger charge is -2.35. The molecular formula is C23H31N3O5S2. The molecule has 0 radical (unpaired) electrons. The van der Waals surface area contributed by atoms with Crippen LogP contribution in [0.4, 0.5) is 0 Å². The van der Waals surface area contributed by atoms with Crippen LogP contribution in [-0.4, -0.2) is 56.8 Å². The highest BCUT2D eigenvalue weighted by atomic mass is 32.2. The third-order valence-corrected chi connectivity index (χ3v) is 8.76. The van der Waals surface area contributed by atoms with E-state index < -0.39 is 16.1 Å². The second kappa shape index (κ2) is 11.1. The van der Waals surface area contributed by atoms with Crippen LogP contribution in [0.2, 0.25) is 0 Å². The Hall–Kier alpha value is -2.43. The first-order valence-electron chi connectivity index (χ1n) is 11.0. The van der Waals surface area contributed by atoms with Crippen molar-refractivity contribution in [3.8, 4) is 5.75 Å². The van der Waals surface area contributed by atoms with Gasteiger partial charge in [0.15, 0.2) is 0 Å². The monoisotopic (exact) mass is 493 g/mol. The molecule has 2 aromatic rings. The van der Waals surface area contributed by atoms with Crippen molar-refractivity contribution in [1.29, 1.82) is 0 Å². The Balaban J connectivity index is 1.71. The fourth-order valence-corrected chi connectivity index (χ4v) is 5.90. The molecule has 0 spiro atoms. The zero-order chi connectivity index (χ0) is 24.0. The van der Waals surface area contributed by atoms with Crippen LogP contribution < -0.4 is 15.4 Å². The molecule has 1 aliphatic rings. The number of carbonyl (C=O) groups excluding carboxylic acids is 2. The Morgan fingerprint density at radius 1 is 1.15 bits per heavy atom. The van der Waals surface area contributed by atoms with E-state index in [1.165, 1.54) is 34.9 Å². The Morgan fingerprint density at radius 2 is 1.82 bits per heavy atom. The van der Waals surface area contributed by atoms with Crippen molar-refractivity contribution in [1.82, 2.24) is 14.9 Å². The average Bonchev–Trinajstić information content (AvgIpc) is 3.37. The lowest BCUT2D eigenvalue weighted by Crippen LogP contribution is -2.55. The lowest BCUT2D eigenvalue weighted by atomic mass is 9.89. The van der Waals surface area contributed by atoms with Gasteiger partial charge in [-0.3, -0.25) is 9.59 Å². The maximum absolute atomic E-state index is 13.1. The highest BCUT2D eigenvalue weighted by Crippen LogP contribution is 2.27. The fraction of sp³-hybridized carbons (Fsp3) is 0.478. The molecule has 0 aliphatic carbocycles. The van der Waals surface area contributed by atoms with Crippen molar-refractivity contribution in [2.45, 2.75) is 50.1 Å². The van der Waals surface area contributed by atoms with Crippen LogP contribution in [0.5, 0.6) is 5.75 Å². The molecule has 2 N–H and O–H groups in total. The molecule has 2 atom stereocenters. The summed E-state index contributed by atoms with van der Waals surface area (Å²) < 4.78 is 32.6. The molecule has 1 aromatic carbocycles. The average molecular weight is 494 g/mol. The molecule has 180 valence electrons. The van der Waals surface area contributed by atoms with E-state index in [-0.39, 0.29) is 41.8 Å². The molecule has 1 saturated heterocycles. The van der Waals surface area contributed by atoms with Gasteiger partial charge in [-0.05, 0) is 67.8 Å². The molecule has 2 amide bonds. The van der Waals surface area contributed by atoms with E-state index in [0.29, 0.717) is 23.5 Å². The van der Waals surface area contributed by atoms with Crippen molar-refractivity contribution in [2.75, 3.05) is 20.2 Å². The zero-order valence-corrected chi connectivity index (χ0v) is 20.7. The Morgan fingerprint density at radius 3 is 2.36 bits per heavy atom. The maximum atomic E-state index is 13.1. The number of carbonyl (C=O) groups is 2. The Labute approximate surface area is 199 Å². The third kappa shape index (κ3) is 6.13. The number of piperidine rings is 1. The van der Waals surface area contributed by atoms with Gasteiger partial charge < -0.3 is 15.4 Å². The van der Waals surface area contributed by atoms with Gasteiger partial charge in [-0.25, -0.2) is 8.42 Å². The Bertz CT molecular complexity index is 1030. The van der Waals surface area contributed by atoms with Crippen molar-refractivity contribution in [2.24, 2.45) is 5.92 Å². The summed E-state index contributed by atoms with van der Waals surface area (Å²) in [5.74, 6) is -0.0992. The van der Waals surface area contributed by atoms with Crippen LogP contribution in [0.1, 0.15) is 42.8 Å². The summed E-state index contributed by atoms with van der Waals surface area (Å²) in [6.07, 6.45) is 1.72. The zero-order valence-electron chi connectivity index (χ0n) is 19.1. The predicted molar refractivity (Wildman–Crippen MR) is 128 cm³/mol. The van der Waals surface area contributed by atoms with E-state index in [2.05, 4.69) is 10.6 Å². The first kappa shape index (κ1) is 25.2. The minimum atomic E-state index is -3.65. The summed E-state index contributed by atoms with van der Waals surface area (Å²) in [6, 6.07) is 9.07. The van der Waals surface area contributed by atoms with Gasteiger partial charge in [0, 0.05) is 19.1 Å². The smallest absolute Gasteiger partial charge is 0.262 e. The normalized spacial score (nSPS) is 17.2. The SMILES string of the molecule is CC[C@@H](C)NC(=O)[C@@H](NC(=O)c1cccs1)C1CCN(S(=O)(=O)c2ccc(OC)cc2)CC1. The van der Waals surface area contributed by atoms with Crippen molar-refractivity contribution >= 4 is 33.2 Å². The van der Waals surface area contributed by atoms with Gasteiger partial charge >= 0.3 is 0 Å². The maximum Gasteiger partial charge on any atom is 0.262 e. The number of sulfonamides is 1. The second-order valence-corrected chi connectivity index (χ2v) is 11.0. The first-order chi connectivity index (χ1) is 15.8. The standard InChI is InChI=1S/C23H31N3O5S2/c1-4-16(2)24-23(28)21(25-22(27)20-6-5-15-32-20)17-11-13-26(14-12-17)33(29,30)19-9-7-18(31-3)8-10-19/h5-10,15-17,21H,4,11-14H2,1-3H3,(H,24,28)(H,25,27)/t16-,21+/m1/s1. The second-order valence-electron chi connectivity index (χ2n) is 8.16. The van der Waals surface area contributed by atoms with Crippen LogP contribution in [0.15, 0.2) is 46.7 Å². The van der Waals surface area contributed by atoms with Crippen molar-refractivity contribution < 1.29 is 22.7 Å². The van der Waals surface area contributed by atoms with E-state index in [4.69, 9.17) is 4.74 Å². The number of thiophene rings is 1. The predicted octanol–water partition coefficient (Wildman–Crippen LogP) is 2.87. The number of hydrogen-bond donors (Lipinski definition) is 2. The number of ether oxygens (including phenoxy) is 1. The lowest BCUT2D eigenvalue weighted by molar-refractivity contribution is -0.125. The molecule has 10 heteroatoms. The van der Waals surface area contributed by atoms with E-state index in [1.54, 1.807) is 24.3 Å². The minimum Gasteiger partial charge on any atom is -0.497 e. The summed E-state index contributed by atoms with van der Waals surface area (Å²) in [7, 11) is -2.12. The van der Waals surface area contributed by atoms with Crippen LogP contribution >= 0.6 is 11.3 Å². The largest absolute Gasteiger partial charge is 0.497 e. The molecule has 3 rings (SSSR count). The van der Waals surface area contributed by atoms with Crippen LogP contribution in [-0.2, 0) is 14.8 Å². The molecule has 0 bridgehead atoms. The van der Waals surface area contributed by atoms with E-state index >= 15 is 0 Å². The summed E-state index contributed by atoms with van der Waals surface area (Å²) in [4.78, 5) is 26.4. The molecule has 0 unspecified atom stereocenters. The number of benzene rings is 1. The molecule has 33 heavy (non-hydrogen) atoms. The molecule has 8 nitrogen and oxygen atoms in total. The molecule has 1 fully saturated rings. The number of rotatable bonds is 9. The van der Waals surface area contributed by atoms with E-state index in [0.717, 1.165) is 6.42 Å². The van der Waals surface area contributed by atoms with Crippen LogP contribution in [0.3, 0.4) is 0 Å². The van der Waals surface area contributed by atoms with E-state index in [9.17, 15) is 18.0 Å². The highest BCUT2D eigenvalue weighted by molar-refractivity contribution is 7.89. The molecule has 1 aliphatic heterocycles. The van der Waals surface area contributed by atoms with Crippen LogP contribution in [0, 0.1) is 5.92 Å². The fourth-order valence-electron chi connectivity index (χ4n) is 3.80. The molecule has 1 aromatic heterocycles. The van der Waals surface area contributed by atoms with Gasteiger partial charge in [0.05, 0.1) is 16.9 Å². The third-order valence-electron chi connectivity index (χ3n) is 5.98. The summed E-state index contributed by atoms with van der Waals surface area (Å²) in [6.45, 7) is 4.45. The van der Waals surface area contributed by atoms with Gasteiger partial charge in [0.1, 0.15) is 11.8 Å². The molecular weight excluding hydrogens is 462 g/mol. The van der Waals surface area contributed by atoms with Gasteiger partial charge in [0.2, 0.25) is 15.9 Å². The van der Waals surface area contributed by atoms with Crippen molar-refractivity contribution in [3.05, 3.63) is 46.7 Å². The minimum absolute atomic E-state index is 0.0193. The number of nitrogens with zero attached hydrogens (tertiary/aromatic N) is 1. The molecule has 0 saturated carbocycles. The summed E-state index contributed by atoms with van der Waals surface area (Å²) >= 11 is 1.31. The molecule has 2 heterocycles. The summed E-state index contributed by atoms with van der Waals surface area (Å²) in [5, 5.41) is 7.67. The van der Waals surface area contributed by atoms with E-state index in [1.807, 2.05) is 19.2 Å². The van der Waals surface area contributed by atoms with Crippen LogP contribution in [0.25, 0.3) is 0 Å². The quantitative estimate of drug-likeness (QED) is 0.559. The summed E-state index contributed by atoms with van der Waals surface area (Å²) in [5.41, 5.74) is 0. The first-order valence-corrected chi connectivity index (χ1v) is 13.4. The van der Waals surface area contributed by atoms with Gasteiger partial charge in [0.25, 0.3) is 5.91 Å². The topological polar surface area (TPSA) is 105 Å². The number of methoxy groups -OCH3 is 1. The van der Waals surface area contributed by atoms with Crippen molar-refractivity contribution in [3.63, 3.8) is 0 Å². The van der Waals surface area contributed by atoms with Gasteiger partial charge in [-0.2, -0.15) is 4.31 Å². The van der Waals surface area contributed by atoms with Gasteiger partial charge in [-0.15, -0.1) is 11.3 Å². The number of hydrogen-bond acceptors (Lipinski definition) is 6. The highest BCUT2D eigenvalue weighted by Gasteiger charge is 2.36. The Kier molecular flexibility index (Phi) is 8.50. The number of nitrogens with one attached hydrogen (secondary N) is 2. The number of amides is 2. The van der Waals surface area contributed by atoms with Gasteiger partial charge in [-0.1, -0.05) is 13.0 Å².